The first-order valence-electron chi connectivity index (χ1n) is 5.71. The number of hydrogen-bond acceptors (Lipinski definition) is 3. The zero-order valence-electron chi connectivity index (χ0n) is 10.6. The second-order valence-corrected chi connectivity index (χ2v) is 5.10. The van der Waals surface area contributed by atoms with Crippen molar-refractivity contribution >= 4 is 33.4 Å². The van der Waals surface area contributed by atoms with Crippen LogP contribution in [-0.2, 0) is 0 Å². The van der Waals surface area contributed by atoms with Gasteiger partial charge in [-0.1, -0.05) is 6.07 Å². The number of carboxylic acid groups (broad SMARTS) is 1. The van der Waals surface area contributed by atoms with E-state index < -0.39 is 5.97 Å². The lowest BCUT2D eigenvalue weighted by molar-refractivity contribution is 0.0695. The number of nitrogens with one attached hydrogen (secondary N) is 1. The summed E-state index contributed by atoms with van der Waals surface area (Å²) in [6.45, 7) is 3.68. The fourth-order valence-corrected chi connectivity index (χ4v) is 2.08. The van der Waals surface area contributed by atoms with Crippen molar-refractivity contribution in [3.05, 3.63) is 51.6 Å². The Kier molecular flexibility index (Phi) is 3.85. The third kappa shape index (κ3) is 3.12. The normalized spacial score (nSPS) is 10.3. The van der Waals surface area contributed by atoms with E-state index in [1.165, 1.54) is 0 Å². The van der Waals surface area contributed by atoms with Crippen molar-refractivity contribution in [3.63, 3.8) is 0 Å². The highest BCUT2D eigenvalue weighted by atomic mass is 79.9. The molecule has 98 valence electrons. The fraction of sp³-hybridized carbons (Fsp3) is 0.143. The molecule has 0 bridgehead atoms. The molecule has 1 aromatic heterocycles. The van der Waals surface area contributed by atoms with Crippen LogP contribution >= 0.6 is 15.9 Å². The highest BCUT2D eigenvalue weighted by Crippen LogP contribution is 2.26. The average molecular weight is 321 g/mol. The lowest BCUT2D eigenvalue weighted by atomic mass is 10.2. The summed E-state index contributed by atoms with van der Waals surface area (Å²) < 4.78 is 0.930. The summed E-state index contributed by atoms with van der Waals surface area (Å²) in [5.74, 6) is -0.345. The molecule has 0 aliphatic carbocycles. The summed E-state index contributed by atoms with van der Waals surface area (Å²) in [6.07, 6.45) is 0. The summed E-state index contributed by atoms with van der Waals surface area (Å²) in [7, 11) is 0. The zero-order chi connectivity index (χ0) is 14.0. The van der Waals surface area contributed by atoms with Gasteiger partial charge >= 0.3 is 5.97 Å². The van der Waals surface area contributed by atoms with Crippen LogP contribution in [0.15, 0.2) is 34.8 Å². The maximum Gasteiger partial charge on any atom is 0.337 e. The third-order valence-electron chi connectivity index (χ3n) is 2.70. The van der Waals surface area contributed by atoms with E-state index in [2.05, 4.69) is 26.2 Å². The molecule has 0 radical (unpaired) electrons. The van der Waals surface area contributed by atoms with E-state index in [1.807, 2.05) is 25.1 Å². The Labute approximate surface area is 119 Å². The molecule has 1 aromatic carbocycles. The Bertz CT molecular complexity index is 641. The molecule has 0 saturated heterocycles. The molecule has 2 N–H and O–H groups in total. The summed E-state index contributed by atoms with van der Waals surface area (Å²) in [6, 6.07) is 9.16. The SMILES string of the molecule is Cc1ccc(Br)c(Nc2ccc(C(=O)O)c(C)n2)c1. The Balaban J connectivity index is 2.31. The quantitative estimate of drug-likeness (QED) is 0.900. The smallest absolute Gasteiger partial charge is 0.337 e. The molecule has 0 atom stereocenters. The van der Waals surface area contributed by atoms with Crippen molar-refractivity contribution in [1.82, 2.24) is 4.98 Å². The van der Waals surface area contributed by atoms with E-state index in [0.29, 0.717) is 11.5 Å². The monoisotopic (exact) mass is 320 g/mol. The fourth-order valence-electron chi connectivity index (χ4n) is 1.73. The summed E-state index contributed by atoms with van der Waals surface area (Å²) >= 11 is 3.46. The maximum absolute atomic E-state index is 10.9. The number of aryl methyl sites for hydroxylation is 2. The first-order valence-corrected chi connectivity index (χ1v) is 6.51. The van der Waals surface area contributed by atoms with Gasteiger partial charge in [0.15, 0.2) is 0 Å². The highest BCUT2D eigenvalue weighted by molar-refractivity contribution is 9.10. The van der Waals surface area contributed by atoms with E-state index in [1.54, 1.807) is 19.1 Å². The Morgan fingerprint density at radius 1 is 1.26 bits per heavy atom. The van der Waals surface area contributed by atoms with Gasteiger partial charge in [0, 0.05) is 4.47 Å². The van der Waals surface area contributed by atoms with Crippen molar-refractivity contribution in [2.24, 2.45) is 0 Å². The molecule has 0 saturated carbocycles. The van der Waals surface area contributed by atoms with Crippen LogP contribution in [0.25, 0.3) is 0 Å². The van der Waals surface area contributed by atoms with E-state index in [4.69, 9.17) is 5.11 Å². The van der Waals surface area contributed by atoms with Gasteiger partial charge in [-0.2, -0.15) is 0 Å². The largest absolute Gasteiger partial charge is 0.478 e. The van der Waals surface area contributed by atoms with Gasteiger partial charge < -0.3 is 10.4 Å². The van der Waals surface area contributed by atoms with Crippen LogP contribution in [-0.4, -0.2) is 16.1 Å². The van der Waals surface area contributed by atoms with Crippen molar-refractivity contribution in [1.29, 1.82) is 0 Å². The molecule has 0 unspecified atom stereocenters. The number of aromatic carboxylic acids is 1. The second kappa shape index (κ2) is 5.40. The van der Waals surface area contributed by atoms with Crippen LogP contribution < -0.4 is 5.32 Å². The van der Waals surface area contributed by atoms with E-state index >= 15 is 0 Å². The van der Waals surface area contributed by atoms with Gasteiger partial charge in [0.1, 0.15) is 5.82 Å². The number of aromatic nitrogens is 1. The van der Waals surface area contributed by atoms with Gasteiger partial charge in [-0.25, -0.2) is 9.78 Å². The predicted molar refractivity (Wildman–Crippen MR) is 78.1 cm³/mol. The maximum atomic E-state index is 10.9. The van der Waals surface area contributed by atoms with E-state index in [9.17, 15) is 4.79 Å². The Hall–Kier alpha value is -1.88. The number of halogens is 1. The molecule has 2 rings (SSSR count). The van der Waals surface area contributed by atoms with Gasteiger partial charge in [-0.3, -0.25) is 0 Å². The standard InChI is InChI=1S/C14H13BrN2O2/c1-8-3-5-11(15)12(7-8)17-13-6-4-10(14(18)19)9(2)16-13/h3-7H,1-2H3,(H,16,17)(H,18,19). The molecule has 5 heteroatoms. The molecule has 19 heavy (non-hydrogen) atoms. The molecular formula is C14H13BrN2O2. The average Bonchev–Trinajstić information content (AvgIpc) is 2.33. The summed E-state index contributed by atoms with van der Waals surface area (Å²) in [5.41, 5.74) is 2.73. The number of hydrogen-bond donors (Lipinski definition) is 2. The summed E-state index contributed by atoms with van der Waals surface area (Å²) in [4.78, 5) is 15.2. The van der Waals surface area contributed by atoms with Crippen LogP contribution in [0.1, 0.15) is 21.6 Å². The molecular weight excluding hydrogens is 308 g/mol. The first-order chi connectivity index (χ1) is 8.97. The highest BCUT2D eigenvalue weighted by Gasteiger charge is 2.09. The third-order valence-corrected chi connectivity index (χ3v) is 3.39. The molecule has 0 spiro atoms. The van der Waals surface area contributed by atoms with Crippen molar-refractivity contribution in [3.8, 4) is 0 Å². The van der Waals surface area contributed by atoms with Crippen LogP contribution in [0, 0.1) is 13.8 Å². The van der Waals surface area contributed by atoms with Gasteiger partial charge in [0.05, 0.1) is 16.9 Å². The van der Waals surface area contributed by atoms with Gasteiger partial charge in [0.25, 0.3) is 0 Å². The molecule has 1 heterocycles. The second-order valence-electron chi connectivity index (χ2n) is 4.24. The number of benzene rings is 1. The number of pyridine rings is 1. The van der Waals surface area contributed by atoms with Crippen LogP contribution in [0.5, 0.6) is 0 Å². The molecule has 4 nitrogen and oxygen atoms in total. The van der Waals surface area contributed by atoms with Gasteiger partial charge in [-0.15, -0.1) is 0 Å². The van der Waals surface area contributed by atoms with Crippen LogP contribution in [0.2, 0.25) is 0 Å². The predicted octanol–water partition coefficient (Wildman–Crippen LogP) is 3.90. The lowest BCUT2D eigenvalue weighted by Crippen LogP contribution is -2.03. The Morgan fingerprint density at radius 3 is 2.63 bits per heavy atom. The van der Waals surface area contributed by atoms with E-state index in [-0.39, 0.29) is 5.56 Å². The molecule has 0 aliphatic heterocycles. The van der Waals surface area contributed by atoms with Crippen LogP contribution in [0.3, 0.4) is 0 Å². The zero-order valence-corrected chi connectivity index (χ0v) is 12.2. The minimum atomic E-state index is -0.965. The number of rotatable bonds is 3. The van der Waals surface area contributed by atoms with Crippen molar-refractivity contribution in [2.75, 3.05) is 5.32 Å². The first kappa shape index (κ1) is 13.5. The van der Waals surface area contributed by atoms with Crippen molar-refractivity contribution in [2.45, 2.75) is 13.8 Å². The minimum Gasteiger partial charge on any atom is -0.478 e. The Morgan fingerprint density at radius 2 is 2.00 bits per heavy atom. The minimum absolute atomic E-state index is 0.217. The molecule has 0 aliphatic rings. The number of anilines is 2. The topological polar surface area (TPSA) is 62.2 Å². The number of nitrogens with zero attached hydrogens (tertiary/aromatic N) is 1. The van der Waals surface area contributed by atoms with Gasteiger partial charge in [-0.05, 0) is 59.6 Å². The molecule has 2 aromatic rings. The van der Waals surface area contributed by atoms with Crippen molar-refractivity contribution < 1.29 is 9.90 Å². The summed E-state index contributed by atoms with van der Waals surface area (Å²) in [5, 5.41) is 12.1. The molecule has 0 amide bonds. The van der Waals surface area contributed by atoms with E-state index in [0.717, 1.165) is 15.7 Å². The lowest BCUT2D eigenvalue weighted by Gasteiger charge is -2.10. The van der Waals surface area contributed by atoms with Gasteiger partial charge in [0.2, 0.25) is 0 Å². The number of carboxylic acids is 1. The number of carbonyl (C=O) groups is 1. The van der Waals surface area contributed by atoms with Crippen LogP contribution in [0.4, 0.5) is 11.5 Å². The molecule has 0 fully saturated rings.